The van der Waals surface area contributed by atoms with Crippen molar-refractivity contribution >= 4 is 5.78 Å². The molecule has 0 aromatic heterocycles. The largest absolute Gasteiger partial charge is 0.394 e. The van der Waals surface area contributed by atoms with Gasteiger partial charge in [-0.2, -0.15) is 0 Å². The maximum absolute atomic E-state index is 12.1. The molecule has 40 heavy (non-hydrogen) atoms. The average molecular weight is 575 g/mol. The third-order valence-electron chi connectivity index (χ3n) is 8.09. The van der Waals surface area contributed by atoms with Gasteiger partial charge in [-0.05, 0) is 19.8 Å². The molecule has 3 unspecified atom stereocenters. The molecule has 8 heteroatoms. The highest BCUT2D eigenvalue weighted by molar-refractivity contribution is 5.78. The Hall–Kier alpha value is -0.610. The molecule has 0 aromatic rings. The van der Waals surface area contributed by atoms with Crippen molar-refractivity contribution in [3.8, 4) is 0 Å². The second-order valence-corrected chi connectivity index (χ2v) is 12.0. The average Bonchev–Trinajstić information content (AvgIpc) is 2.93. The summed E-state index contributed by atoms with van der Waals surface area (Å²) in [4.78, 5) is 12.1. The minimum absolute atomic E-state index is 0.0638. The van der Waals surface area contributed by atoms with Crippen LogP contribution in [-0.4, -0.2) is 81.3 Å². The van der Waals surface area contributed by atoms with Crippen LogP contribution >= 0.6 is 0 Å². The van der Waals surface area contributed by atoms with Crippen LogP contribution in [0.5, 0.6) is 0 Å². The molecule has 1 saturated heterocycles. The topological polar surface area (TPSA) is 137 Å². The smallest absolute Gasteiger partial charge is 0.186 e. The molecule has 238 valence electrons. The summed E-state index contributed by atoms with van der Waals surface area (Å²) in [5.74, 6) is 0.101. The van der Waals surface area contributed by atoms with Crippen molar-refractivity contribution in [1.82, 2.24) is 0 Å². The maximum Gasteiger partial charge on any atom is 0.186 e. The summed E-state index contributed by atoms with van der Waals surface area (Å²) in [7, 11) is 0. The summed E-state index contributed by atoms with van der Waals surface area (Å²) in [6.45, 7) is 1.44. The number of carbonyl (C=O) groups excluding carboxylic acids is 1. The molecule has 0 bridgehead atoms. The molecule has 8 nitrogen and oxygen atoms in total. The molecule has 6 atom stereocenters. The fourth-order valence-electron chi connectivity index (χ4n) is 5.39. The van der Waals surface area contributed by atoms with Crippen LogP contribution in [0.1, 0.15) is 148 Å². The highest BCUT2D eigenvalue weighted by Gasteiger charge is 2.43. The Labute approximate surface area is 243 Å². The number of hydrogen-bond donors (Lipinski definition) is 5. The zero-order valence-electron chi connectivity index (χ0n) is 25.4. The Morgan fingerprint density at radius 2 is 1.07 bits per heavy atom. The van der Waals surface area contributed by atoms with E-state index in [1.54, 1.807) is 0 Å². The molecule has 0 saturated carbocycles. The summed E-state index contributed by atoms with van der Waals surface area (Å²) >= 11 is 0. The number of ketones is 1. The number of rotatable bonds is 27. The van der Waals surface area contributed by atoms with E-state index < -0.39 is 37.3 Å². The Morgan fingerprint density at radius 3 is 1.50 bits per heavy atom. The maximum atomic E-state index is 12.1. The van der Waals surface area contributed by atoms with Gasteiger partial charge in [-0.1, -0.05) is 116 Å². The first-order valence-electron chi connectivity index (χ1n) is 16.5. The molecule has 1 fully saturated rings. The van der Waals surface area contributed by atoms with Gasteiger partial charge in [-0.15, -0.1) is 0 Å². The number of unbranched alkanes of at least 4 members (excludes halogenated alkanes) is 18. The zero-order valence-corrected chi connectivity index (χ0v) is 25.4. The van der Waals surface area contributed by atoms with Crippen molar-refractivity contribution in [2.24, 2.45) is 0 Å². The molecule has 0 aliphatic carbocycles. The fourth-order valence-corrected chi connectivity index (χ4v) is 5.39. The van der Waals surface area contributed by atoms with Crippen LogP contribution < -0.4 is 0 Å². The summed E-state index contributed by atoms with van der Waals surface area (Å²) in [5, 5.41) is 48.0. The lowest BCUT2D eigenvalue weighted by atomic mass is 9.99. The summed E-state index contributed by atoms with van der Waals surface area (Å²) in [5.41, 5.74) is 0. The van der Waals surface area contributed by atoms with E-state index in [-0.39, 0.29) is 24.9 Å². The predicted molar refractivity (Wildman–Crippen MR) is 158 cm³/mol. The number of carbonyl (C=O) groups is 1. The molecular formula is C32H62O8. The molecular weight excluding hydrogens is 512 g/mol. The van der Waals surface area contributed by atoms with Crippen LogP contribution in [0.3, 0.4) is 0 Å². The monoisotopic (exact) mass is 574 g/mol. The molecule has 0 amide bonds. The standard InChI is InChI=1S/C32H62O8/c1-26(34)21-19-17-15-13-11-9-7-5-3-2-4-6-8-10-12-14-16-18-20-22-27(35)23-24-39-32-31(38)30(37)29(36)28(25-33)40-32/h26,28-34,36-38H,2-25H2,1H3/t26-,28?,29-,30?,31?,32+/m1/s1. The van der Waals surface area contributed by atoms with Gasteiger partial charge in [-0.25, -0.2) is 0 Å². The van der Waals surface area contributed by atoms with Gasteiger partial charge in [-0.3, -0.25) is 4.79 Å². The molecule has 0 radical (unpaired) electrons. The van der Waals surface area contributed by atoms with Gasteiger partial charge in [0.25, 0.3) is 0 Å². The first-order valence-corrected chi connectivity index (χ1v) is 16.5. The fraction of sp³-hybridized carbons (Fsp3) is 0.969. The van der Waals surface area contributed by atoms with Crippen molar-refractivity contribution in [2.75, 3.05) is 13.2 Å². The van der Waals surface area contributed by atoms with Crippen LogP contribution in [0, 0.1) is 0 Å². The Morgan fingerprint density at radius 1 is 0.650 bits per heavy atom. The van der Waals surface area contributed by atoms with Gasteiger partial charge in [0.15, 0.2) is 6.29 Å². The zero-order chi connectivity index (χ0) is 29.4. The van der Waals surface area contributed by atoms with Gasteiger partial charge in [0.05, 0.1) is 19.3 Å². The number of Topliss-reactive ketones (excluding diaryl/α,β-unsaturated/α-hetero) is 1. The molecule has 1 heterocycles. The number of hydrogen-bond acceptors (Lipinski definition) is 8. The van der Waals surface area contributed by atoms with Crippen LogP contribution in [0.25, 0.3) is 0 Å². The second kappa shape index (κ2) is 24.9. The van der Waals surface area contributed by atoms with Gasteiger partial charge in [0, 0.05) is 12.8 Å². The Kier molecular flexibility index (Phi) is 23.3. The lowest BCUT2D eigenvalue weighted by Gasteiger charge is -2.39. The van der Waals surface area contributed by atoms with E-state index in [0.717, 1.165) is 25.7 Å². The van der Waals surface area contributed by atoms with E-state index in [1.807, 2.05) is 6.92 Å². The van der Waals surface area contributed by atoms with E-state index in [0.29, 0.717) is 6.42 Å². The number of ether oxygens (including phenoxy) is 2. The van der Waals surface area contributed by atoms with Crippen molar-refractivity contribution in [3.05, 3.63) is 0 Å². The molecule has 1 aliphatic rings. The van der Waals surface area contributed by atoms with Gasteiger partial charge < -0.3 is 35.0 Å². The summed E-state index contributed by atoms with van der Waals surface area (Å²) in [6.07, 6.45) is 19.4. The number of aliphatic hydroxyl groups is 5. The molecule has 0 spiro atoms. The van der Waals surface area contributed by atoms with Crippen LogP contribution in [-0.2, 0) is 14.3 Å². The van der Waals surface area contributed by atoms with Crippen LogP contribution in [0.15, 0.2) is 0 Å². The Balaban J connectivity index is 1.80. The molecule has 1 rings (SSSR count). The third-order valence-corrected chi connectivity index (χ3v) is 8.09. The first-order chi connectivity index (χ1) is 19.4. The molecule has 5 N–H and O–H groups in total. The lowest BCUT2D eigenvalue weighted by molar-refractivity contribution is -0.300. The summed E-state index contributed by atoms with van der Waals surface area (Å²) in [6, 6.07) is 0. The van der Waals surface area contributed by atoms with E-state index in [9.17, 15) is 30.3 Å². The first kappa shape index (κ1) is 37.4. The van der Waals surface area contributed by atoms with Crippen molar-refractivity contribution < 1.29 is 39.8 Å². The van der Waals surface area contributed by atoms with Gasteiger partial charge in [0.2, 0.25) is 0 Å². The van der Waals surface area contributed by atoms with Crippen LogP contribution in [0.2, 0.25) is 0 Å². The minimum atomic E-state index is -1.47. The van der Waals surface area contributed by atoms with E-state index in [2.05, 4.69) is 0 Å². The van der Waals surface area contributed by atoms with Crippen molar-refractivity contribution in [3.63, 3.8) is 0 Å². The summed E-state index contributed by atoms with van der Waals surface area (Å²) < 4.78 is 10.7. The van der Waals surface area contributed by atoms with E-state index in [1.165, 1.54) is 103 Å². The highest BCUT2D eigenvalue weighted by Crippen LogP contribution is 2.22. The van der Waals surface area contributed by atoms with Gasteiger partial charge in [0.1, 0.15) is 30.2 Å². The molecule has 1 aliphatic heterocycles. The number of aliphatic hydroxyl groups excluding tert-OH is 5. The van der Waals surface area contributed by atoms with Crippen LogP contribution in [0.4, 0.5) is 0 Å². The van der Waals surface area contributed by atoms with E-state index >= 15 is 0 Å². The minimum Gasteiger partial charge on any atom is -0.394 e. The third kappa shape index (κ3) is 18.7. The molecule has 0 aromatic carbocycles. The second-order valence-electron chi connectivity index (χ2n) is 12.0. The van der Waals surface area contributed by atoms with Crippen molar-refractivity contribution in [2.45, 2.75) is 185 Å². The van der Waals surface area contributed by atoms with Gasteiger partial charge >= 0.3 is 0 Å². The lowest BCUT2D eigenvalue weighted by Crippen LogP contribution is -2.59. The quantitative estimate of drug-likeness (QED) is 0.0830. The highest BCUT2D eigenvalue weighted by atomic mass is 16.7. The van der Waals surface area contributed by atoms with E-state index in [4.69, 9.17) is 9.47 Å². The normalized spacial score (nSPS) is 23.9. The predicted octanol–water partition coefficient (Wildman–Crippen LogP) is 5.34. The van der Waals surface area contributed by atoms with Crippen molar-refractivity contribution in [1.29, 1.82) is 0 Å². The SMILES string of the molecule is C[C@@H](O)CCCCCCCCCCCCCCCCCCCCCC(=O)CCO[C@H]1OC(CO)[C@@H](O)C(O)C1O. The Bertz CT molecular complexity index is 585.